The molecule has 1 saturated carbocycles. The van der Waals surface area contributed by atoms with E-state index in [-0.39, 0.29) is 12.1 Å². The minimum atomic E-state index is -0.146. The summed E-state index contributed by atoms with van der Waals surface area (Å²) >= 11 is 0. The Morgan fingerprint density at radius 1 is 1.64 bits per heavy atom. The number of aryl methyl sites for hydroxylation is 1. The number of aliphatic hydroxyl groups is 1. The maximum atomic E-state index is 9.38. The molecule has 1 aromatic rings. The van der Waals surface area contributed by atoms with Crippen molar-refractivity contribution in [3.8, 4) is 0 Å². The number of hydrogen-bond donors (Lipinski definition) is 2. The van der Waals surface area contributed by atoms with Gasteiger partial charge in [0.2, 0.25) is 0 Å². The van der Waals surface area contributed by atoms with Gasteiger partial charge in [0, 0.05) is 30.9 Å². The summed E-state index contributed by atoms with van der Waals surface area (Å²) in [7, 11) is 1.94. The van der Waals surface area contributed by atoms with Crippen molar-refractivity contribution in [1.82, 2.24) is 15.1 Å². The molecule has 0 saturated heterocycles. The van der Waals surface area contributed by atoms with Crippen molar-refractivity contribution in [1.29, 1.82) is 0 Å². The molecule has 0 bridgehead atoms. The molecule has 1 aliphatic carbocycles. The van der Waals surface area contributed by atoms with E-state index in [2.05, 4.69) is 17.3 Å². The van der Waals surface area contributed by atoms with Crippen molar-refractivity contribution in [3.05, 3.63) is 17.5 Å². The summed E-state index contributed by atoms with van der Waals surface area (Å²) in [6.07, 6.45) is 3.75. The summed E-state index contributed by atoms with van der Waals surface area (Å²) in [6.45, 7) is 2.86. The minimum absolute atomic E-state index is 0.146. The standard InChI is InChI=1S/C10H17N3O/c1-7-8(6-12-13(7)2)5-11-9-3-4-10(9)14/h6,9-11,14H,3-5H2,1-2H3/t9-,10-/m1/s1. The van der Waals surface area contributed by atoms with Crippen LogP contribution < -0.4 is 5.32 Å². The molecule has 2 rings (SSSR count). The van der Waals surface area contributed by atoms with E-state index in [1.807, 2.05) is 17.9 Å². The van der Waals surface area contributed by atoms with Crippen molar-refractivity contribution >= 4 is 0 Å². The highest BCUT2D eigenvalue weighted by Gasteiger charge is 2.28. The van der Waals surface area contributed by atoms with E-state index in [0.29, 0.717) is 0 Å². The molecule has 0 aliphatic heterocycles. The Bertz CT molecular complexity index is 321. The van der Waals surface area contributed by atoms with Gasteiger partial charge in [0.25, 0.3) is 0 Å². The molecule has 1 fully saturated rings. The van der Waals surface area contributed by atoms with Gasteiger partial charge in [-0.15, -0.1) is 0 Å². The zero-order valence-electron chi connectivity index (χ0n) is 8.70. The van der Waals surface area contributed by atoms with Crippen LogP contribution in [0.25, 0.3) is 0 Å². The van der Waals surface area contributed by atoms with Crippen LogP contribution in [0.5, 0.6) is 0 Å². The second-order valence-electron chi connectivity index (χ2n) is 4.01. The normalized spacial score (nSPS) is 26.2. The molecule has 2 atom stereocenters. The van der Waals surface area contributed by atoms with E-state index in [0.717, 1.165) is 19.4 Å². The summed E-state index contributed by atoms with van der Waals surface area (Å²) < 4.78 is 1.87. The van der Waals surface area contributed by atoms with E-state index in [9.17, 15) is 5.11 Å². The lowest BCUT2D eigenvalue weighted by Gasteiger charge is -2.33. The van der Waals surface area contributed by atoms with E-state index in [4.69, 9.17) is 0 Å². The Labute approximate surface area is 83.9 Å². The zero-order chi connectivity index (χ0) is 10.1. The van der Waals surface area contributed by atoms with Gasteiger partial charge in [0.05, 0.1) is 12.3 Å². The molecule has 2 N–H and O–H groups in total. The number of hydrogen-bond acceptors (Lipinski definition) is 3. The lowest BCUT2D eigenvalue weighted by Crippen LogP contribution is -2.47. The van der Waals surface area contributed by atoms with Crippen LogP contribution in [0.15, 0.2) is 6.20 Å². The molecule has 1 aromatic heterocycles. The van der Waals surface area contributed by atoms with Crippen LogP contribution in [0.2, 0.25) is 0 Å². The number of nitrogens with one attached hydrogen (secondary N) is 1. The first kappa shape index (κ1) is 9.68. The maximum absolute atomic E-state index is 9.38. The monoisotopic (exact) mass is 195 g/mol. The average molecular weight is 195 g/mol. The van der Waals surface area contributed by atoms with Crippen molar-refractivity contribution in [2.24, 2.45) is 7.05 Å². The molecule has 0 amide bonds. The van der Waals surface area contributed by atoms with Crippen molar-refractivity contribution in [3.63, 3.8) is 0 Å². The number of aliphatic hydroxyl groups excluding tert-OH is 1. The molecule has 1 heterocycles. The molecule has 4 nitrogen and oxygen atoms in total. The van der Waals surface area contributed by atoms with Gasteiger partial charge < -0.3 is 10.4 Å². The van der Waals surface area contributed by atoms with Crippen LogP contribution in [0.3, 0.4) is 0 Å². The number of nitrogens with zero attached hydrogens (tertiary/aromatic N) is 2. The van der Waals surface area contributed by atoms with Gasteiger partial charge in [-0.25, -0.2) is 0 Å². The van der Waals surface area contributed by atoms with Crippen LogP contribution in [0, 0.1) is 6.92 Å². The molecule has 1 aliphatic rings. The molecule has 0 spiro atoms. The van der Waals surface area contributed by atoms with Crippen LogP contribution in [-0.2, 0) is 13.6 Å². The van der Waals surface area contributed by atoms with Crippen LogP contribution in [0.1, 0.15) is 24.1 Å². The molecule has 78 valence electrons. The van der Waals surface area contributed by atoms with Crippen LogP contribution in [0.4, 0.5) is 0 Å². The highest BCUT2D eigenvalue weighted by atomic mass is 16.3. The Morgan fingerprint density at radius 3 is 2.86 bits per heavy atom. The Hall–Kier alpha value is -0.870. The second-order valence-corrected chi connectivity index (χ2v) is 4.01. The van der Waals surface area contributed by atoms with E-state index in [1.54, 1.807) is 0 Å². The van der Waals surface area contributed by atoms with E-state index < -0.39 is 0 Å². The molecule has 0 radical (unpaired) electrons. The number of rotatable bonds is 3. The molecular weight excluding hydrogens is 178 g/mol. The maximum Gasteiger partial charge on any atom is 0.0693 e. The molecule has 14 heavy (non-hydrogen) atoms. The van der Waals surface area contributed by atoms with Crippen molar-refractivity contribution in [2.75, 3.05) is 0 Å². The van der Waals surface area contributed by atoms with Crippen molar-refractivity contribution in [2.45, 2.75) is 38.5 Å². The highest BCUT2D eigenvalue weighted by Crippen LogP contribution is 2.20. The second kappa shape index (κ2) is 3.71. The van der Waals surface area contributed by atoms with Gasteiger partial charge >= 0.3 is 0 Å². The average Bonchev–Trinajstić information content (AvgIpc) is 2.47. The van der Waals surface area contributed by atoms with Gasteiger partial charge in [-0.1, -0.05) is 0 Å². The topological polar surface area (TPSA) is 50.1 Å². The number of aromatic nitrogens is 2. The van der Waals surface area contributed by atoms with Gasteiger partial charge in [-0.3, -0.25) is 4.68 Å². The van der Waals surface area contributed by atoms with Gasteiger partial charge in [-0.05, 0) is 19.8 Å². The minimum Gasteiger partial charge on any atom is -0.392 e. The Kier molecular flexibility index (Phi) is 2.56. The van der Waals surface area contributed by atoms with E-state index in [1.165, 1.54) is 11.3 Å². The van der Waals surface area contributed by atoms with Crippen molar-refractivity contribution < 1.29 is 5.11 Å². The summed E-state index contributed by atoms with van der Waals surface area (Å²) in [5.74, 6) is 0. The third-order valence-electron chi connectivity index (χ3n) is 3.13. The molecular formula is C10H17N3O. The van der Waals surface area contributed by atoms with Gasteiger partial charge in [0.15, 0.2) is 0 Å². The fraction of sp³-hybridized carbons (Fsp3) is 0.700. The third-order valence-corrected chi connectivity index (χ3v) is 3.13. The first-order valence-corrected chi connectivity index (χ1v) is 5.07. The highest BCUT2D eigenvalue weighted by molar-refractivity contribution is 5.15. The fourth-order valence-electron chi connectivity index (χ4n) is 1.68. The first-order valence-electron chi connectivity index (χ1n) is 5.07. The predicted octanol–water partition coefficient (Wildman–Crippen LogP) is 0.341. The Balaban J connectivity index is 1.88. The quantitative estimate of drug-likeness (QED) is 0.731. The van der Waals surface area contributed by atoms with Gasteiger partial charge in [-0.2, -0.15) is 5.10 Å². The lowest BCUT2D eigenvalue weighted by molar-refractivity contribution is 0.0492. The fourth-order valence-corrected chi connectivity index (χ4v) is 1.68. The SMILES string of the molecule is Cc1c(CN[C@@H]2CC[C@H]2O)cnn1C. The molecule has 0 aromatic carbocycles. The summed E-state index contributed by atoms with van der Waals surface area (Å²) in [5.41, 5.74) is 2.40. The smallest absolute Gasteiger partial charge is 0.0693 e. The Morgan fingerprint density at radius 2 is 2.43 bits per heavy atom. The third kappa shape index (κ3) is 1.67. The molecule has 4 heteroatoms. The van der Waals surface area contributed by atoms with Crippen LogP contribution in [-0.4, -0.2) is 27.0 Å². The van der Waals surface area contributed by atoms with Crippen LogP contribution >= 0.6 is 0 Å². The summed E-state index contributed by atoms with van der Waals surface area (Å²) in [5, 5.41) is 16.9. The zero-order valence-corrected chi connectivity index (χ0v) is 8.70. The summed E-state index contributed by atoms with van der Waals surface area (Å²) in [6, 6.07) is 0.287. The lowest BCUT2D eigenvalue weighted by atomic mass is 9.89. The summed E-state index contributed by atoms with van der Waals surface area (Å²) in [4.78, 5) is 0. The van der Waals surface area contributed by atoms with E-state index >= 15 is 0 Å². The molecule has 0 unspecified atom stereocenters. The predicted molar refractivity (Wildman–Crippen MR) is 53.8 cm³/mol. The van der Waals surface area contributed by atoms with Gasteiger partial charge in [0.1, 0.15) is 0 Å². The largest absolute Gasteiger partial charge is 0.392 e. The first-order chi connectivity index (χ1) is 6.68.